The number of nitrogens with one attached hydrogen (secondary N) is 4. The van der Waals surface area contributed by atoms with Crippen LogP contribution in [0.1, 0.15) is 50.0 Å². The number of H-pyrrole nitrogens is 1. The number of carbonyl (C=O) groups is 3. The zero-order valence-electron chi connectivity index (χ0n) is 19.5. The summed E-state index contributed by atoms with van der Waals surface area (Å²) in [5, 5.41) is 18.1. The second kappa shape index (κ2) is 10.5. The number of carbonyl (C=O) groups excluding carboxylic acids is 3. The number of rotatable bonds is 9. The zero-order valence-corrected chi connectivity index (χ0v) is 19.5. The van der Waals surface area contributed by atoms with Gasteiger partial charge in [0.05, 0.1) is 13.2 Å². The number of piperidine rings is 1. The van der Waals surface area contributed by atoms with Crippen molar-refractivity contribution in [2.45, 2.75) is 57.3 Å². The fraction of sp³-hybridized carbons (Fsp3) is 0.500. The van der Waals surface area contributed by atoms with Crippen LogP contribution in [0.4, 0.5) is 4.39 Å². The highest BCUT2D eigenvalue weighted by molar-refractivity contribution is 6.01. The van der Waals surface area contributed by atoms with Gasteiger partial charge in [-0.15, -0.1) is 0 Å². The Morgan fingerprint density at radius 3 is 2.76 bits per heavy atom. The van der Waals surface area contributed by atoms with E-state index < -0.39 is 29.6 Å². The Morgan fingerprint density at radius 1 is 1.35 bits per heavy atom. The van der Waals surface area contributed by atoms with E-state index in [-0.39, 0.29) is 30.4 Å². The van der Waals surface area contributed by atoms with Gasteiger partial charge in [0.25, 0.3) is 5.91 Å². The van der Waals surface area contributed by atoms with Gasteiger partial charge in [-0.1, -0.05) is 6.07 Å². The molecule has 2 aromatic rings. The number of aromatic amines is 1. The molecular formula is C24H30FN5O4. The Labute approximate surface area is 197 Å². The number of methoxy groups -OCH3 is 1. The van der Waals surface area contributed by atoms with Crippen molar-refractivity contribution in [3.8, 4) is 11.8 Å². The van der Waals surface area contributed by atoms with E-state index in [0.717, 1.165) is 6.42 Å². The molecule has 3 atom stereocenters. The summed E-state index contributed by atoms with van der Waals surface area (Å²) >= 11 is 0. The molecule has 0 bridgehead atoms. The van der Waals surface area contributed by atoms with E-state index in [1.807, 2.05) is 6.07 Å². The number of amides is 3. The lowest BCUT2D eigenvalue weighted by molar-refractivity contribution is -0.128. The van der Waals surface area contributed by atoms with Crippen LogP contribution in [0.5, 0.6) is 5.75 Å². The summed E-state index contributed by atoms with van der Waals surface area (Å²) in [5.41, 5.74) is -0.902. The van der Waals surface area contributed by atoms with Crippen molar-refractivity contribution in [1.82, 2.24) is 20.9 Å². The first-order valence-electron chi connectivity index (χ1n) is 11.2. The van der Waals surface area contributed by atoms with Gasteiger partial charge in [0, 0.05) is 29.8 Å². The van der Waals surface area contributed by atoms with Crippen LogP contribution in [0.2, 0.25) is 0 Å². The first kappa shape index (κ1) is 25.0. The summed E-state index contributed by atoms with van der Waals surface area (Å²) < 4.78 is 19.8. The maximum atomic E-state index is 14.5. The summed E-state index contributed by atoms with van der Waals surface area (Å²) in [5.74, 6) is -1.23. The summed E-state index contributed by atoms with van der Waals surface area (Å²) in [6.45, 7) is 3.21. The predicted molar refractivity (Wildman–Crippen MR) is 124 cm³/mol. The Hall–Kier alpha value is -3.61. The maximum absolute atomic E-state index is 14.5. The highest BCUT2D eigenvalue weighted by Gasteiger charge is 2.32. The molecule has 1 aromatic carbocycles. The summed E-state index contributed by atoms with van der Waals surface area (Å²) in [6.07, 6.45) is 1.28. The number of ether oxygens (including phenoxy) is 1. The van der Waals surface area contributed by atoms with Gasteiger partial charge in [-0.25, -0.2) is 4.39 Å². The van der Waals surface area contributed by atoms with E-state index in [2.05, 4.69) is 20.9 Å². The monoisotopic (exact) mass is 471 g/mol. The molecular weight excluding hydrogens is 441 g/mol. The van der Waals surface area contributed by atoms with Crippen molar-refractivity contribution in [3.63, 3.8) is 0 Å². The topological polar surface area (TPSA) is 136 Å². The van der Waals surface area contributed by atoms with E-state index in [1.165, 1.54) is 21.0 Å². The molecule has 3 rings (SSSR count). The van der Waals surface area contributed by atoms with Gasteiger partial charge in [0.15, 0.2) is 0 Å². The molecule has 1 aromatic heterocycles. The number of halogens is 1. The Kier molecular flexibility index (Phi) is 7.76. The third kappa shape index (κ3) is 6.25. The Morgan fingerprint density at radius 2 is 2.12 bits per heavy atom. The van der Waals surface area contributed by atoms with Crippen molar-refractivity contribution in [3.05, 3.63) is 30.0 Å². The number of fused-ring (bicyclic) bond motifs is 1. The number of hydrogen-bond acceptors (Lipinski definition) is 5. The first-order valence-corrected chi connectivity index (χ1v) is 11.2. The molecule has 0 aliphatic carbocycles. The SMILES string of the molecule is COc1cccc2[nH]c(C(=O)N[C@@H](CC(C)(C)F)C(=O)N[C@H](C#N)C[C@@H]3CCCNC3=O)cc12. The van der Waals surface area contributed by atoms with Crippen molar-refractivity contribution >= 4 is 28.6 Å². The molecule has 1 aliphatic rings. The van der Waals surface area contributed by atoms with Crippen LogP contribution in [0.3, 0.4) is 0 Å². The van der Waals surface area contributed by atoms with Crippen molar-refractivity contribution in [2.24, 2.45) is 5.92 Å². The molecule has 1 aliphatic heterocycles. The third-order valence-electron chi connectivity index (χ3n) is 5.79. The van der Waals surface area contributed by atoms with E-state index in [4.69, 9.17) is 4.74 Å². The van der Waals surface area contributed by atoms with Crippen LogP contribution in [0.25, 0.3) is 10.9 Å². The Balaban J connectivity index is 1.74. The lowest BCUT2D eigenvalue weighted by Gasteiger charge is -2.26. The van der Waals surface area contributed by atoms with Gasteiger partial charge >= 0.3 is 0 Å². The van der Waals surface area contributed by atoms with Crippen LogP contribution >= 0.6 is 0 Å². The molecule has 1 saturated heterocycles. The quantitative estimate of drug-likeness (QED) is 0.445. The molecule has 182 valence electrons. The minimum Gasteiger partial charge on any atom is -0.496 e. The fourth-order valence-corrected chi connectivity index (χ4v) is 4.12. The van der Waals surface area contributed by atoms with Crippen molar-refractivity contribution in [1.29, 1.82) is 5.26 Å². The Bertz CT molecular complexity index is 1100. The zero-order chi connectivity index (χ0) is 24.9. The standard InChI is InChI=1S/C24H30FN5O4/c1-24(2,25)12-19(23(33)28-15(13-26)10-14-6-5-9-27-21(14)31)30-22(32)18-11-16-17(29-18)7-4-8-20(16)34-3/h4,7-8,11,14-15,19,29H,5-6,9-10,12H2,1-3H3,(H,27,31)(H,28,33)(H,30,32)/t14-,15-,19-/m0/s1. The molecule has 9 nitrogen and oxygen atoms in total. The van der Waals surface area contributed by atoms with Crippen LogP contribution < -0.4 is 20.7 Å². The minimum absolute atomic E-state index is 0.148. The van der Waals surface area contributed by atoms with Gasteiger partial charge in [-0.2, -0.15) is 5.26 Å². The van der Waals surface area contributed by atoms with Crippen LogP contribution in [-0.2, 0) is 9.59 Å². The van der Waals surface area contributed by atoms with Gasteiger partial charge in [0.2, 0.25) is 11.8 Å². The summed E-state index contributed by atoms with van der Waals surface area (Å²) in [4.78, 5) is 40.9. The smallest absolute Gasteiger partial charge is 0.268 e. The van der Waals surface area contributed by atoms with E-state index in [1.54, 1.807) is 24.3 Å². The van der Waals surface area contributed by atoms with Crippen LogP contribution in [0, 0.1) is 17.2 Å². The molecule has 10 heteroatoms. The van der Waals surface area contributed by atoms with E-state index in [0.29, 0.717) is 29.6 Å². The number of nitriles is 1. The van der Waals surface area contributed by atoms with Crippen LogP contribution in [-0.4, -0.2) is 54.1 Å². The van der Waals surface area contributed by atoms with Gasteiger partial charge < -0.3 is 25.7 Å². The highest BCUT2D eigenvalue weighted by Crippen LogP contribution is 2.26. The normalized spacial score (nSPS) is 17.9. The number of nitrogens with zero attached hydrogens (tertiary/aromatic N) is 1. The number of alkyl halides is 1. The van der Waals surface area contributed by atoms with Gasteiger partial charge in [-0.05, 0) is 51.3 Å². The van der Waals surface area contributed by atoms with Gasteiger partial charge in [-0.3, -0.25) is 14.4 Å². The largest absolute Gasteiger partial charge is 0.496 e. The second-order valence-electron chi connectivity index (χ2n) is 9.11. The van der Waals surface area contributed by atoms with Crippen molar-refractivity contribution in [2.75, 3.05) is 13.7 Å². The highest BCUT2D eigenvalue weighted by atomic mass is 19.1. The third-order valence-corrected chi connectivity index (χ3v) is 5.79. The lowest BCUT2D eigenvalue weighted by atomic mass is 9.91. The first-order chi connectivity index (χ1) is 16.1. The molecule has 34 heavy (non-hydrogen) atoms. The fourth-order valence-electron chi connectivity index (χ4n) is 4.12. The number of aromatic nitrogens is 1. The predicted octanol–water partition coefficient (Wildman–Crippen LogP) is 2.34. The molecule has 0 spiro atoms. The summed E-state index contributed by atoms with van der Waals surface area (Å²) in [6, 6.07) is 6.73. The molecule has 0 unspecified atom stereocenters. The van der Waals surface area contributed by atoms with Gasteiger partial charge in [0.1, 0.15) is 29.2 Å². The molecule has 1 fully saturated rings. The lowest BCUT2D eigenvalue weighted by Crippen LogP contribution is -2.52. The molecule has 0 radical (unpaired) electrons. The molecule has 2 heterocycles. The number of benzene rings is 1. The maximum Gasteiger partial charge on any atom is 0.268 e. The average Bonchev–Trinajstić information content (AvgIpc) is 3.23. The molecule has 3 amide bonds. The number of hydrogen-bond donors (Lipinski definition) is 4. The molecule has 4 N–H and O–H groups in total. The average molecular weight is 472 g/mol. The van der Waals surface area contributed by atoms with Crippen LogP contribution in [0.15, 0.2) is 24.3 Å². The van der Waals surface area contributed by atoms with E-state index >= 15 is 0 Å². The summed E-state index contributed by atoms with van der Waals surface area (Å²) in [7, 11) is 1.52. The van der Waals surface area contributed by atoms with E-state index in [9.17, 15) is 24.0 Å². The second-order valence-corrected chi connectivity index (χ2v) is 9.11. The van der Waals surface area contributed by atoms with Crippen molar-refractivity contribution < 1.29 is 23.5 Å². The molecule has 0 saturated carbocycles. The minimum atomic E-state index is -1.76.